The number of aromatic amines is 1. The van der Waals surface area contributed by atoms with Crippen LogP contribution in [0.3, 0.4) is 0 Å². The van der Waals surface area contributed by atoms with Crippen molar-refractivity contribution in [3.63, 3.8) is 0 Å². The second-order valence-electron chi connectivity index (χ2n) is 6.20. The van der Waals surface area contributed by atoms with E-state index in [1.807, 2.05) is 37.4 Å². The first-order valence-corrected chi connectivity index (χ1v) is 8.35. The maximum Gasteiger partial charge on any atom is 0.321 e. The smallest absolute Gasteiger partial charge is 0.321 e. The van der Waals surface area contributed by atoms with Crippen molar-refractivity contribution in [2.24, 2.45) is 0 Å². The highest BCUT2D eigenvalue weighted by molar-refractivity contribution is 6.04. The summed E-state index contributed by atoms with van der Waals surface area (Å²) < 4.78 is 0. The minimum Gasteiger partial charge on any atom is -0.361 e. The molecule has 0 saturated carbocycles. The molecular weight excluding hydrogens is 348 g/mol. The number of para-hydroxylation sites is 1. The van der Waals surface area contributed by atoms with Gasteiger partial charge < -0.3 is 10.3 Å². The molecule has 1 unspecified atom stereocenters. The molecular formula is C19H18N4O4. The van der Waals surface area contributed by atoms with E-state index in [0.29, 0.717) is 6.42 Å². The van der Waals surface area contributed by atoms with E-state index in [0.717, 1.165) is 16.5 Å². The van der Waals surface area contributed by atoms with E-state index in [1.165, 1.54) is 24.3 Å². The summed E-state index contributed by atoms with van der Waals surface area (Å²) in [6, 6.07) is 12.1. The predicted octanol–water partition coefficient (Wildman–Crippen LogP) is 3.15. The quantitative estimate of drug-likeness (QED) is 0.475. The monoisotopic (exact) mass is 366 g/mol. The Morgan fingerprint density at radius 2 is 1.85 bits per heavy atom. The molecule has 0 aliphatic rings. The number of carbonyl (C=O) groups is 2. The van der Waals surface area contributed by atoms with Crippen molar-refractivity contribution in [2.75, 3.05) is 0 Å². The van der Waals surface area contributed by atoms with Crippen molar-refractivity contribution in [2.45, 2.75) is 19.4 Å². The third kappa shape index (κ3) is 4.30. The average Bonchev–Trinajstić information content (AvgIpc) is 3.04. The van der Waals surface area contributed by atoms with Crippen LogP contribution in [-0.2, 0) is 6.42 Å². The first-order chi connectivity index (χ1) is 12.9. The Hall–Kier alpha value is -3.68. The fourth-order valence-electron chi connectivity index (χ4n) is 2.85. The topological polar surface area (TPSA) is 117 Å². The molecule has 1 aromatic heterocycles. The number of hydrogen-bond acceptors (Lipinski definition) is 4. The molecule has 138 valence electrons. The summed E-state index contributed by atoms with van der Waals surface area (Å²) in [4.78, 5) is 37.4. The molecule has 8 heteroatoms. The summed E-state index contributed by atoms with van der Waals surface area (Å²) in [5, 5.41) is 16.7. The minimum atomic E-state index is -0.623. The van der Waals surface area contributed by atoms with Gasteiger partial charge in [-0.2, -0.15) is 0 Å². The molecule has 3 N–H and O–H groups in total. The zero-order valence-corrected chi connectivity index (χ0v) is 14.6. The molecule has 3 rings (SSSR count). The van der Waals surface area contributed by atoms with Gasteiger partial charge in [-0.05, 0) is 37.1 Å². The normalized spacial score (nSPS) is 11.7. The van der Waals surface area contributed by atoms with Crippen LogP contribution in [0.2, 0.25) is 0 Å². The molecule has 27 heavy (non-hydrogen) atoms. The number of urea groups is 1. The molecule has 3 aromatic rings. The van der Waals surface area contributed by atoms with Gasteiger partial charge in [0, 0.05) is 40.8 Å². The maximum atomic E-state index is 12.1. The number of hydrogen-bond donors (Lipinski definition) is 3. The van der Waals surface area contributed by atoms with E-state index in [2.05, 4.69) is 15.6 Å². The van der Waals surface area contributed by atoms with E-state index in [4.69, 9.17) is 0 Å². The number of aromatic nitrogens is 1. The Labute approximate surface area is 154 Å². The minimum absolute atomic E-state index is 0.122. The van der Waals surface area contributed by atoms with E-state index in [9.17, 15) is 19.7 Å². The van der Waals surface area contributed by atoms with Gasteiger partial charge in [-0.15, -0.1) is 0 Å². The number of carbonyl (C=O) groups excluding carboxylic acids is 2. The predicted molar refractivity (Wildman–Crippen MR) is 101 cm³/mol. The number of H-pyrrole nitrogens is 1. The highest BCUT2D eigenvalue weighted by Crippen LogP contribution is 2.19. The van der Waals surface area contributed by atoms with Crippen molar-refractivity contribution < 1.29 is 14.5 Å². The van der Waals surface area contributed by atoms with Gasteiger partial charge in [-0.1, -0.05) is 18.2 Å². The van der Waals surface area contributed by atoms with E-state index in [-0.39, 0.29) is 17.3 Å². The molecule has 0 aliphatic heterocycles. The fraction of sp³-hybridized carbons (Fsp3) is 0.158. The third-order valence-corrected chi connectivity index (χ3v) is 4.15. The number of non-ortho nitro benzene ring substituents is 1. The molecule has 0 aliphatic carbocycles. The van der Waals surface area contributed by atoms with E-state index >= 15 is 0 Å². The van der Waals surface area contributed by atoms with Crippen molar-refractivity contribution in [1.82, 2.24) is 15.6 Å². The Balaban J connectivity index is 1.56. The largest absolute Gasteiger partial charge is 0.361 e. The molecule has 2 aromatic carbocycles. The van der Waals surface area contributed by atoms with Gasteiger partial charge in [0.25, 0.3) is 11.6 Å². The standard InChI is InChI=1S/C19H18N4O4/c1-12(10-14-11-20-17-5-3-2-4-16(14)17)21-19(25)22-18(24)13-6-8-15(9-7-13)23(26)27/h2-9,11-12,20H,10H2,1H3,(H2,21,22,24,25). The summed E-state index contributed by atoms with van der Waals surface area (Å²) in [5.41, 5.74) is 2.14. The van der Waals surface area contributed by atoms with Crippen LogP contribution in [0.15, 0.2) is 54.7 Å². The molecule has 0 radical (unpaired) electrons. The van der Waals surface area contributed by atoms with Gasteiger partial charge >= 0.3 is 6.03 Å². The lowest BCUT2D eigenvalue weighted by molar-refractivity contribution is -0.384. The van der Waals surface area contributed by atoms with Crippen LogP contribution < -0.4 is 10.6 Å². The summed E-state index contributed by atoms with van der Waals surface area (Å²) in [7, 11) is 0. The highest BCUT2D eigenvalue weighted by atomic mass is 16.6. The number of amides is 3. The molecule has 0 fully saturated rings. The van der Waals surface area contributed by atoms with Crippen LogP contribution in [0, 0.1) is 10.1 Å². The first kappa shape index (κ1) is 18.1. The van der Waals surface area contributed by atoms with E-state index in [1.54, 1.807) is 0 Å². The lowest BCUT2D eigenvalue weighted by atomic mass is 10.1. The Morgan fingerprint density at radius 3 is 2.56 bits per heavy atom. The second-order valence-corrected chi connectivity index (χ2v) is 6.20. The zero-order chi connectivity index (χ0) is 19.4. The molecule has 1 atom stereocenters. The van der Waals surface area contributed by atoms with Crippen LogP contribution in [0.4, 0.5) is 10.5 Å². The van der Waals surface area contributed by atoms with Gasteiger partial charge in [0.2, 0.25) is 0 Å². The summed E-state index contributed by atoms with van der Waals surface area (Å²) in [5.74, 6) is -0.623. The second kappa shape index (κ2) is 7.69. The highest BCUT2D eigenvalue weighted by Gasteiger charge is 2.15. The molecule has 3 amide bonds. The number of nitro groups is 1. The van der Waals surface area contributed by atoms with Crippen molar-refractivity contribution in [3.05, 3.63) is 76.0 Å². The summed E-state index contributed by atoms with van der Waals surface area (Å²) >= 11 is 0. The Bertz CT molecular complexity index is 994. The molecule has 1 heterocycles. The number of fused-ring (bicyclic) bond motifs is 1. The third-order valence-electron chi connectivity index (χ3n) is 4.15. The van der Waals surface area contributed by atoms with Crippen LogP contribution in [0.25, 0.3) is 10.9 Å². The molecule has 0 spiro atoms. The summed E-state index contributed by atoms with van der Waals surface area (Å²) in [6.45, 7) is 1.84. The Morgan fingerprint density at radius 1 is 1.15 bits per heavy atom. The fourth-order valence-corrected chi connectivity index (χ4v) is 2.85. The number of benzene rings is 2. The van der Waals surface area contributed by atoms with Gasteiger partial charge in [0.15, 0.2) is 0 Å². The van der Waals surface area contributed by atoms with Gasteiger partial charge in [-0.3, -0.25) is 20.2 Å². The van der Waals surface area contributed by atoms with Crippen molar-refractivity contribution >= 4 is 28.5 Å². The van der Waals surface area contributed by atoms with Crippen LogP contribution in [0.5, 0.6) is 0 Å². The average molecular weight is 366 g/mol. The Kier molecular flexibility index (Phi) is 5.16. The van der Waals surface area contributed by atoms with Gasteiger partial charge in [0.1, 0.15) is 0 Å². The van der Waals surface area contributed by atoms with Crippen LogP contribution in [-0.4, -0.2) is 27.9 Å². The maximum absolute atomic E-state index is 12.1. The van der Waals surface area contributed by atoms with E-state index < -0.39 is 16.9 Å². The SMILES string of the molecule is CC(Cc1c[nH]c2ccccc12)NC(=O)NC(=O)c1ccc([N+](=O)[O-])cc1. The number of imide groups is 1. The number of nitro benzene ring substituents is 1. The lowest BCUT2D eigenvalue weighted by Gasteiger charge is -2.14. The van der Waals surface area contributed by atoms with Crippen molar-refractivity contribution in [1.29, 1.82) is 0 Å². The number of nitrogens with zero attached hydrogens (tertiary/aromatic N) is 1. The first-order valence-electron chi connectivity index (χ1n) is 8.35. The lowest BCUT2D eigenvalue weighted by Crippen LogP contribution is -2.44. The molecule has 0 bridgehead atoms. The number of nitrogens with one attached hydrogen (secondary N) is 3. The summed E-state index contributed by atoms with van der Waals surface area (Å²) in [6.07, 6.45) is 2.51. The molecule has 0 saturated heterocycles. The number of rotatable bonds is 5. The van der Waals surface area contributed by atoms with Gasteiger partial charge in [0.05, 0.1) is 4.92 Å². The van der Waals surface area contributed by atoms with Crippen molar-refractivity contribution in [3.8, 4) is 0 Å². The zero-order valence-electron chi connectivity index (χ0n) is 14.6. The van der Waals surface area contributed by atoms with Gasteiger partial charge in [-0.25, -0.2) is 4.79 Å². The molecule has 8 nitrogen and oxygen atoms in total. The van der Waals surface area contributed by atoms with Crippen LogP contribution >= 0.6 is 0 Å². The van der Waals surface area contributed by atoms with Crippen LogP contribution in [0.1, 0.15) is 22.8 Å².